The summed E-state index contributed by atoms with van der Waals surface area (Å²) >= 11 is 0. The minimum Gasteiger partial charge on any atom is -0.466 e. The summed E-state index contributed by atoms with van der Waals surface area (Å²) in [4.78, 5) is 11.4. The van der Waals surface area contributed by atoms with Crippen LogP contribution in [0.25, 0.3) is 0 Å². The Labute approximate surface area is 209 Å². The Morgan fingerprint density at radius 3 is 2.41 bits per heavy atom. The molecule has 1 rings (SSSR count). The van der Waals surface area contributed by atoms with Gasteiger partial charge in [0.2, 0.25) is 0 Å². The van der Waals surface area contributed by atoms with Gasteiger partial charge in [0.25, 0.3) is 0 Å². The minimum atomic E-state index is -2.02. The molecule has 0 aromatic rings. The molecule has 1 unspecified atom stereocenters. The first kappa shape index (κ1) is 31.3. The number of unbranched alkanes of at least 4 members (excludes halogenated alkanes) is 2. The molecule has 1 aliphatic rings. The molecule has 1 N–H and O–H groups in total. The summed E-state index contributed by atoms with van der Waals surface area (Å²) in [6.07, 6.45) is 8.67. The summed E-state index contributed by atoms with van der Waals surface area (Å²) in [5, 5.41) is 10.6. The van der Waals surface area contributed by atoms with Crippen LogP contribution in [-0.2, 0) is 23.4 Å². The number of aliphatic hydroxyl groups is 1. The highest BCUT2D eigenvalue weighted by Crippen LogP contribution is 2.45. The van der Waals surface area contributed by atoms with Gasteiger partial charge in [0.15, 0.2) is 14.6 Å². The van der Waals surface area contributed by atoms with E-state index in [-0.39, 0.29) is 41.3 Å². The summed E-state index contributed by atoms with van der Waals surface area (Å²) < 4.78 is 24.3. The van der Waals surface area contributed by atoms with E-state index in [9.17, 15) is 9.90 Å². The molecule has 1 aliphatic carbocycles. The predicted octanol–water partition coefficient (Wildman–Crippen LogP) is 6.23. The summed E-state index contributed by atoms with van der Waals surface area (Å²) in [7, 11) is -2.02. The van der Waals surface area contributed by atoms with Crippen LogP contribution in [0.15, 0.2) is 12.2 Å². The third-order valence-electron chi connectivity index (χ3n) is 7.30. The third-order valence-corrected chi connectivity index (χ3v) is 11.8. The molecule has 0 heterocycles. The summed E-state index contributed by atoms with van der Waals surface area (Å²) in [5.74, 6) is -0.0866. The van der Waals surface area contributed by atoms with E-state index < -0.39 is 14.4 Å². The number of carbonyl (C=O) groups is 1. The van der Waals surface area contributed by atoms with Crippen molar-refractivity contribution in [1.82, 2.24) is 0 Å². The van der Waals surface area contributed by atoms with Gasteiger partial charge in [-0.3, -0.25) is 4.79 Å². The number of esters is 1. The molecule has 200 valence electrons. The molecule has 1 fully saturated rings. The molecule has 34 heavy (non-hydrogen) atoms. The van der Waals surface area contributed by atoms with Crippen molar-refractivity contribution in [3.05, 3.63) is 12.2 Å². The Kier molecular flexibility index (Phi) is 13.6. The van der Waals surface area contributed by atoms with Crippen molar-refractivity contribution in [3.8, 4) is 0 Å². The SMILES string of the molecule is CCCCC[C@@H](O)/C=C/[C@@H]1[C@H](CCOC(C)=O)[C@@H](O[Si](C)(C)C(C)(C)C)C[C@H]1OC(C)OCC. The highest BCUT2D eigenvalue weighted by molar-refractivity contribution is 6.74. The molecule has 0 bridgehead atoms. The van der Waals surface area contributed by atoms with Crippen LogP contribution in [0.4, 0.5) is 0 Å². The number of aliphatic hydroxyl groups excluding tert-OH is 1. The Hall–Kier alpha value is -0.733. The van der Waals surface area contributed by atoms with Crippen molar-refractivity contribution in [2.45, 2.75) is 130 Å². The van der Waals surface area contributed by atoms with Crippen LogP contribution >= 0.6 is 0 Å². The van der Waals surface area contributed by atoms with Crippen LogP contribution in [0.5, 0.6) is 0 Å². The first-order chi connectivity index (χ1) is 15.8. The molecule has 0 spiro atoms. The lowest BCUT2D eigenvalue weighted by Gasteiger charge is -2.40. The van der Waals surface area contributed by atoms with Crippen LogP contribution in [0.2, 0.25) is 18.1 Å². The number of hydrogen-bond donors (Lipinski definition) is 1. The average molecular weight is 501 g/mol. The van der Waals surface area contributed by atoms with E-state index >= 15 is 0 Å². The second kappa shape index (κ2) is 14.7. The van der Waals surface area contributed by atoms with E-state index in [1.807, 2.05) is 19.9 Å². The van der Waals surface area contributed by atoms with Crippen molar-refractivity contribution in [2.24, 2.45) is 11.8 Å². The second-order valence-corrected chi connectivity index (χ2v) is 15.9. The fourth-order valence-electron chi connectivity index (χ4n) is 4.38. The number of rotatable bonds is 15. The summed E-state index contributed by atoms with van der Waals surface area (Å²) in [5.41, 5.74) is 0. The number of ether oxygens (including phenoxy) is 3. The monoisotopic (exact) mass is 500 g/mol. The Balaban J connectivity index is 3.16. The summed E-state index contributed by atoms with van der Waals surface area (Å²) in [6, 6.07) is 0. The molecular weight excluding hydrogens is 448 g/mol. The van der Waals surface area contributed by atoms with Gasteiger partial charge >= 0.3 is 5.97 Å². The summed E-state index contributed by atoms with van der Waals surface area (Å²) in [6.45, 7) is 19.7. The molecule has 0 amide bonds. The molecule has 0 radical (unpaired) electrons. The highest BCUT2D eigenvalue weighted by Gasteiger charge is 2.48. The Morgan fingerprint density at radius 1 is 1.18 bits per heavy atom. The van der Waals surface area contributed by atoms with Gasteiger partial charge in [-0.25, -0.2) is 0 Å². The average Bonchev–Trinajstić information content (AvgIpc) is 3.00. The van der Waals surface area contributed by atoms with E-state index in [1.54, 1.807) is 0 Å². The van der Waals surface area contributed by atoms with E-state index in [1.165, 1.54) is 6.92 Å². The fraction of sp³-hybridized carbons (Fsp3) is 0.889. The van der Waals surface area contributed by atoms with E-state index in [2.05, 4.69) is 46.9 Å². The molecule has 6 atom stereocenters. The zero-order chi connectivity index (χ0) is 25.9. The highest BCUT2D eigenvalue weighted by atomic mass is 28.4. The van der Waals surface area contributed by atoms with Gasteiger partial charge in [0, 0.05) is 19.4 Å². The van der Waals surface area contributed by atoms with Crippen LogP contribution in [0.1, 0.15) is 87.0 Å². The maximum absolute atomic E-state index is 11.4. The molecular formula is C27H52O6Si. The van der Waals surface area contributed by atoms with Crippen molar-refractivity contribution >= 4 is 14.3 Å². The lowest BCUT2D eigenvalue weighted by atomic mass is 9.90. The molecule has 6 nitrogen and oxygen atoms in total. The van der Waals surface area contributed by atoms with Gasteiger partial charge in [-0.15, -0.1) is 0 Å². The zero-order valence-electron chi connectivity index (χ0n) is 23.3. The molecule has 0 aliphatic heterocycles. The van der Waals surface area contributed by atoms with Crippen molar-refractivity contribution in [1.29, 1.82) is 0 Å². The van der Waals surface area contributed by atoms with Gasteiger partial charge < -0.3 is 23.7 Å². The molecule has 0 saturated heterocycles. The molecule has 7 heteroatoms. The zero-order valence-corrected chi connectivity index (χ0v) is 24.3. The number of hydrogen-bond acceptors (Lipinski definition) is 6. The van der Waals surface area contributed by atoms with Crippen LogP contribution in [-0.4, -0.2) is 57.2 Å². The van der Waals surface area contributed by atoms with Crippen molar-refractivity contribution in [3.63, 3.8) is 0 Å². The van der Waals surface area contributed by atoms with Crippen LogP contribution in [0, 0.1) is 11.8 Å². The van der Waals surface area contributed by atoms with Gasteiger partial charge in [-0.05, 0) is 57.2 Å². The standard InChI is InChI=1S/C27H52O6Si/c1-10-12-13-14-22(29)15-16-23-24(17-18-31-20(3)28)26(33-34(8,9)27(5,6)7)19-25(23)32-21(4)30-11-2/h15-16,21-26,29H,10-14,17-19H2,1-9H3/b16-15+/t21?,22-,23-,24+,25-,26+/m1/s1. The Morgan fingerprint density at radius 2 is 1.85 bits per heavy atom. The fourth-order valence-corrected chi connectivity index (χ4v) is 5.76. The van der Waals surface area contributed by atoms with Gasteiger partial charge in [-0.1, -0.05) is 59.1 Å². The molecule has 0 aromatic carbocycles. The minimum absolute atomic E-state index is 0.00200. The van der Waals surface area contributed by atoms with Crippen LogP contribution in [0.3, 0.4) is 0 Å². The third kappa shape index (κ3) is 10.5. The first-order valence-corrected chi connectivity index (χ1v) is 16.2. The maximum atomic E-state index is 11.4. The smallest absolute Gasteiger partial charge is 0.302 e. The van der Waals surface area contributed by atoms with Gasteiger partial charge in [-0.2, -0.15) is 0 Å². The quantitative estimate of drug-likeness (QED) is 0.0944. The van der Waals surface area contributed by atoms with Crippen LogP contribution < -0.4 is 0 Å². The topological polar surface area (TPSA) is 74.2 Å². The Bertz CT molecular complexity index is 615. The van der Waals surface area contributed by atoms with Gasteiger partial charge in [0.05, 0.1) is 24.9 Å². The lowest BCUT2D eigenvalue weighted by Crippen LogP contribution is -2.45. The molecule has 1 saturated carbocycles. The lowest BCUT2D eigenvalue weighted by molar-refractivity contribution is -0.163. The first-order valence-electron chi connectivity index (χ1n) is 13.3. The van der Waals surface area contributed by atoms with Gasteiger partial charge in [0.1, 0.15) is 0 Å². The maximum Gasteiger partial charge on any atom is 0.302 e. The second-order valence-electron chi connectivity index (χ2n) is 11.2. The van der Waals surface area contributed by atoms with Crippen molar-refractivity contribution in [2.75, 3.05) is 13.2 Å². The number of carbonyl (C=O) groups excluding carboxylic acids is 1. The van der Waals surface area contributed by atoms with E-state index in [4.69, 9.17) is 18.6 Å². The predicted molar refractivity (Wildman–Crippen MR) is 140 cm³/mol. The van der Waals surface area contributed by atoms with E-state index in [0.29, 0.717) is 19.6 Å². The normalized spacial score (nSPS) is 25.6. The van der Waals surface area contributed by atoms with E-state index in [0.717, 1.165) is 32.1 Å². The van der Waals surface area contributed by atoms with Crippen molar-refractivity contribution < 1.29 is 28.5 Å². The largest absolute Gasteiger partial charge is 0.466 e. The molecule has 0 aromatic heterocycles.